The number of thiophene rings is 1. The highest BCUT2D eigenvalue weighted by Gasteiger charge is 2.09. The van der Waals surface area contributed by atoms with E-state index >= 15 is 0 Å². The highest BCUT2D eigenvalue weighted by Crippen LogP contribution is 2.22. The van der Waals surface area contributed by atoms with Gasteiger partial charge in [0.1, 0.15) is 0 Å². The van der Waals surface area contributed by atoms with E-state index in [0.29, 0.717) is 17.0 Å². The van der Waals surface area contributed by atoms with Crippen molar-refractivity contribution in [2.75, 3.05) is 0 Å². The molecule has 1 amide bonds. The lowest BCUT2D eigenvalue weighted by Gasteiger charge is -2.04. The molecule has 2 heterocycles. The van der Waals surface area contributed by atoms with Gasteiger partial charge in [0.25, 0.3) is 5.91 Å². The lowest BCUT2D eigenvalue weighted by molar-refractivity contribution is -0.380. The average molecular weight is 355 g/mol. The first-order valence-electron chi connectivity index (χ1n) is 7.26. The molecule has 9 heteroatoms. The van der Waals surface area contributed by atoms with E-state index in [1.807, 2.05) is 18.3 Å². The molecule has 0 aliphatic rings. The fraction of sp³-hybridized carbons (Fsp3) is 0.0625. The molecule has 3 aromatic rings. The Morgan fingerprint density at radius 3 is 2.96 bits per heavy atom. The van der Waals surface area contributed by atoms with Crippen molar-refractivity contribution in [2.45, 2.75) is 6.54 Å². The van der Waals surface area contributed by atoms with Gasteiger partial charge >= 0.3 is 5.00 Å². The molecule has 0 atom stereocenters. The van der Waals surface area contributed by atoms with Crippen molar-refractivity contribution in [3.63, 3.8) is 0 Å². The molecule has 126 valence electrons. The number of nitrogens with one attached hydrogen (secondary N) is 1. The smallest absolute Gasteiger partial charge is 0.268 e. The number of nitro groups is 1. The van der Waals surface area contributed by atoms with Crippen LogP contribution in [0.3, 0.4) is 0 Å². The Labute approximate surface area is 146 Å². The van der Waals surface area contributed by atoms with Crippen molar-refractivity contribution in [1.82, 2.24) is 15.2 Å². The topological polar surface area (TPSA) is 102 Å². The van der Waals surface area contributed by atoms with Gasteiger partial charge in [-0.1, -0.05) is 23.5 Å². The van der Waals surface area contributed by atoms with Gasteiger partial charge in [0, 0.05) is 24.0 Å². The zero-order valence-corrected chi connectivity index (χ0v) is 13.7. The first-order chi connectivity index (χ1) is 12.1. The summed E-state index contributed by atoms with van der Waals surface area (Å²) in [5.41, 5.74) is 3.83. The predicted molar refractivity (Wildman–Crippen MR) is 93.8 cm³/mol. The number of carbonyl (C=O) groups excluding carboxylic acids is 1. The molecule has 0 spiro atoms. The Hall–Kier alpha value is -3.33. The van der Waals surface area contributed by atoms with Crippen LogP contribution in [0.15, 0.2) is 60.0 Å². The summed E-state index contributed by atoms with van der Waals surface area (Å²) < 4.78 is 1.76. The van der Waals surface area contributed by atoms with Crippen LogP contribution in [0.1, 0.15) is 20.8 Å². The number of hydrogen-bond donors (Lipinski definition) is 1. The maximum absolute atomic E-state index is 12.2. The van der Waals surface area contributed by atoms with Gasteiger partial charge < -0.3 is 0 Å². The van der Waals surface area contributed by atoms with Gasteiger partial charge in [-0.25, -0.2) is 5.43 Å². The third-order valence-corrected chi connectivity index (χ3v) is 4.21. The summed E-state index contributed by atoms with van der Waals surface area (Å²) in [7, 11) is 0. The Bertz CT molecular complexity index is 918. The highest BCUT2D eigenvalue weighted by atomic mass is 32.1. The third kappa shape index (κ3) is 4.36. The molecule has 0 unspecified atom stereocenters. The fourth-order valence-corrected chi connectivity index (χ4v) is 2.81. The summed E-state index contributed by atoms with van der Waals surface area (Å²) in [5.74, 6) is -0.357. The van der Waals surface area contributed by atoms with Crippen molar-refractivity contribution in [3.05, 3.63) is 81.0 Å². The Morgan fingerprint density at radius 2 is 2.24 bits per heavy atom. The maximum Gasteiger partial charge on any atom is 0.324 e. The Balaban J connectivity index is 1.62. The van der Waals surface area contributed by atoms with Crippen molar-refractivity contribution in [3.8, 4) is 0 Å². The minimum absolute atomic E-state index is 0.0269. The monoisotopic (exact) mass is 355 g/mol. The molecule has 0 saturated carbocycles. The molecule has 0 aliphatic carbocycles. The van der Waals surface area contributed by atoms with E-state index in [0.717, 1.165) is 16.9 Å². The van der Waals surface area contributed by atoms with Crippen LogP contribution < -0.4 is 5.43 Å². The minimum atomic E-state index is -0.467. The van der Waals surface area contributed by atoms with E-state index < -0.39 is 4.92 Å². The van der Waals surface area contributed by atoms with Gasteiger partial charge in [-0.3, -0.25) is 19.6 Å². The van der Waals surface area contributed by atoms with Crippen LogP contribution in [0.2, 0.25) is 0 Å². The lowest BCUT2D eigenvalue weighted by Crippen LogP contribution is -2.17. The standard InChI is InChI=1S/C16H13N5O3S/c22-16(19-17-10-14-5-6-15(25-14)21(23)24)13-4-1-3-12(9-13)11-20-8-2-7-18-20/h1-10H,11H2,(H,19,22). The quantitative estimate of drug-likeness (QED) is 0.417. The first-order valence-corrected chi connectivity index (χ1v) is 8.07. The highest BCUT2D eigenvalue weighted by molar-refractivity contribution is 7.16. The second-order valence-electron chi connectivity index (χ2n) is 5.04. The van der Waals surface area contributed by atoms with Crippen LogP contribution in [0, 0.1) is 10.1 Å². The van der Waals surface area contributed by atoms with E-state index in [1.165, 1.54) is 12.3 Å². The van der Waals surface area contributed by atoms with Gasteiger partial charge in [0.05, 0.1) is 22.6 Å². The number of amides is 1. The van der Waals surface area contributed by atoms with Crippen LogP contribution in [-0.2, 0) is 6.54 Å². The molecule has 25 heavy (non-hydrogen) atoms. The van der Waals surface area contributed by atoms with E-state index in [4.69, 9.17) is 0 Å². The zero-order chi connectivity index (χ0) is 17.6. The van der Waals surface area contributed by atoms with Crippen LogP contribution in [0.4, 0.5) is 5.00 Å². The second kappa shape index (κ2) is 7.49. The third-order valence-electron chi connectivity index (χ3n) is 3.24. The number of hydrogen-bond acceptors (Lipinski definition) is 6. The van der Waals surface area contributed by atoms with Crippen molar-refractivity contribution < 1.29 is 9.72 Å². The molecule has 2 aromatic heterocycles. The van der Waals surface area contributed by atoms with Crippen LogP contribution in [-0.4, -0.2) is 26.8 Å². The van der Waals surface area contributed by atoms with E-state index in [-0.39, 0.29) is 10.9 Å². The maximum atomic E-state index is 12.2. The fourth-order valence-electron chi connectivity index (χ4n) is 2.12. The molecule has 0 fully saturated rings. The summed E-state index contributed by atoms with van der Waals surface area (Å²) in [6, 6.07) is 12.0. The van der Waals surface area contributed by atoms with Gasteiger partial charge in [0.15, 0.2) is 0 Å². The molecule has 3 rings (SSSR count). The lowest BCUT2D eigenvalue weighted by atomic mass is 10.1. The van der Waals surface area contributed by atoms with Gasteiger partial charge in [-0.05, 0) is 29.8 Å². The molecule has 0 radical (unpaired) electrons. The largest absolute Gasteiger partial charge is 0.324 e. The molecule has 0 aliphatic heterocycles. The summed E-state index contributed by atoms with van der Waals surface area (Å²) in [5, 5.41) is 18.6. The molecular formula is C16H13N5O3S. The summed E-state index contributed by atoms with van der Waals surface area (Å²) in [6.07, 6.45) is 4.92. The van der Waals surface area contributed by atoms with Gasteiger partial charge in [0.2, 0.25) is 0 Å². The van der Waals surface area contributed by atoms with E-state index in [2.05, 4.69) is 15.6 Å². The van der Waals surface area contributed by atoms with Crippen molar-refractivity contribution in [1.29, 1.82) is 0 Å². The number of hydrazone groups is 1. The Morgan fingerprint density at radius 1 is 1.36 bits per heavy atom. The van der Waals surface area contributed by atoms with Crippen molar-refractivity contribution in [2.24, 2.45) is 5.10 Å². The van der Waals surface area contributed by atoms with Gasteiger partial charge in [-0.15, -0.1) is 0 Å². The molecule has 8 nitrogen and oxygen atoms in total. The normalized spacial score (nSPS) is 10.9. The number of nitrogens with zero attached hydrogens (tertiary/aromatic N) is 4. The molecule has 0 bridgehead atoms. The summed E-state index contributed by atoms with van der Waals surface area (Å²) in [6.45, 7) is 0.566. The second-order valence-corrected chi connectivity index (χ2v) is 6.13. The molecule has 1 aromatic carbocycles. The van der Waals surface area contributed by atoms with Crippen LogP contribution in [0.5, 0.6) is 0 Å². The average Bonchev–Trinajstić information content (AvgIpc) is 3.27. The number of rotatable bonds is 6. The SMILES string of the molecule is O=C(NN=Cc1ccc([N+](=O)[O-])s1)c1cccc(Cn2cccn2)c1. The molecule has 0 saturated heterocycles. The first kappa shape index (κ1) is 16.5. The number of carbonyl (C=O) groups is 1. The minimum Gasteiger partial charge on any atom is -0.268 e. The van der Waals surface area contributed by atoms with Crippen molar-refractivity contribution >= 4 is 28.5 Å². The van der Waals surface area contributed by atoms with E-state index in [9.17, 15) is 14.9 Å². The summed E-state index contributed by atoms with van der Waals surface area (Å²) >= 11 is 0.984. The number of benzene rings is 1. The molecule has 1 N–H and O–H groups in total. The van der Waals surface area contributed by atoms with Crippen LogP contribution in [0.25, 0.3) is 0 Å². The van der Waals surface area contributed by atoms with E-state index in [1.54, 1.807) is 35.1 Å². The van der Waals surface area contributed by atoms with Gasteiger partial charge in [-0.2, -0.15) is 10.2 Å². The number of aromatic nitrogens is 2. The summed E-state index contributed by atoms with van der Waals surface area (Å²) in [4.78, 5) is 22.9. The molecular weight excluding hydrogens is 342 g/mol. The predicted octanol–water partition coefficient (Wildman–Crippen LogP) is 2.67. The van der Waals surface area contributed by atoms with Crippen LogP contribution >= 0.6 is 11.3 Å². The zero-order valence-electron chi connectivity index (χ0n) is 12.9. The Kier molecular flexibility index (Phi) is 4.95.